The first-order chi connectivity index (χ1) is 15.4. The summed E-state index contributed by atoms with van der Waals surface area (Å²) in [6.07, 6.45) is 5.04. The number of hydrogen-bond acceptors (Lipinski definition) is 8. The van der Waals surface area contributed by atoms with Crippen molar-refractivity contribution in [3.8, 4) is 0 Å². The number of aromatic nitrogens is 2. The predicted octanol–water partition coefficient (Wildman–Crippen LogP) is 4.59. The van der Waals surface area contributed by atoms with E-state index in [1.165, 1.54) is 46.4 Å². The minimum absolute atomic E-state index is 0.139. The highest BCUT2D eigenvalue weighted by atomic mass is 32.2. The van der Waals surface area contributed by atoms with E-state index in [1.807, 2.05) is 13.8 Å². The van der Waals surface area contributed by atoms with Crippen LogP contribution >= 0.6 is 34.4 Å². The smallest absolute Gasteiger partial charge is 0.341 e. The molecule has 1 aliphatic rings. The summed E-state index contributed by atoms with van der Waals surface area (Å²) in [6, 6.07) is 0. The third-order valence-electron chi connectivity index (χ3n) is 5.62. The van der Waals surface area contributed by atoms with Crippen LogP contribution in [0.2, 0.25) is 0 Å². The predicted molar refractivity (Wildman–Crippen MR) is 131 cm³/mol. The van der Waals surface area contributed by atoms with E-state index in [9.17, 15) is 14.4 Å². The number of thiophene rings is 2. The molecule has 0 aromatic carbocycles. The Kier molecular flexibility index (Phi) is 7.02. The quantitative estimate of drug-likeness (QED) is 0.386. The maximum atomic E-state index is 12.6. The van der Waals surface area contributed by atoms with Crippen LogP contribution in [0.25, 0.3) is 10.2 Å². The number of thioether (sulfide) groups is 1. The van der Waals surface area contributed by atoms with Gasteiger partial charge in [0.15, 0.2) is 0 Å². The minimum Gasteiger partial charge on any atom is -0.465 e. The number of esters is 1. The number of nitrogens with one attached hydrogen (secondary N) is 2. The lowest BCUT2D eigenvalue weighted by Gasteiger charge is -2.07. The zero-order chi connectivity index (χ0) is 22.8. The van der Waals surface area contributed by atoms with Crippen molar-refractivity contribution in [1.82, 2.24) is 9.97 Å². The van der Waals surface area contributed by atoms with Gasteiger partial charge in [0.2, 0.25) is 5.91 Å². The van der Waals surface area contributed by atoms with Gasteiger partial charge in [-0.15, -0.1) is 34.4 Å². The summed E-state index contributed by atoms with van der Waals surface area (Å²) in [7, 11) is 1.37. The van der Waals surface area contributed by atoms with Crippen molar-refractivity contribution in [3.63, 3.8) is 0 Å². The average Bonchev–Trinajstić information content (AvgIpc) is 3.12. The Labute approximate surface area is 198 Å². The van der Waals surface area contributed by atoms with Crippen molar-refractivity contribution < 1.29 is 14.3 Å². The van der Waals surface area contributed by atoms with E-state index in [1.54, 1.807) is 0 Å². The molecular weight excluding hydrogens is 466 g/mol. The first-order valence-corrected chi connectivity index (χ1v) is 13.3. The molecular formula is C22H25N3O4S3. The largest absolute Gasteiger partial charge is 0.465 e. The number of carbonyl (C=O) groups excluding carboxylic acids is 2. The van der Waals surface area contributed by atoms with Gasteiger partial charge >= 0.3 is 5.97 Å². The number of nitrogens with zero attached hydrogens (tertiary/aromatic N) is 1. The highest BCUT2D eigenvalue weighted by Gasteiger charge is 2.26. The van der Waals surface area contributed by atoms with Crippen LogP contribution in [-0.4, -0.2) is 34.7 Å². The molecule has 2 N–H and O–H groups in total. The third kappa shape index (κ3) is 4.62. The topological polar surface area (TPSA) is 101 Å². The van der Waals surface area contributed by atoms with Gasteiger partial charge in [-0.1, -0.05) is 6.42 Å². The summed E-state index contributed by atoms with van der Waals surface area (Å²) in [5, 5.41) is 4.13. The zero-order valence-electron chi connectivity index (χ0n) is 18.3. The molecule has 32 heavy (non-hydrogen) atoms. The Morgan fingerprint density at radius 2 is 1.97 bits per heavy atom. The molecule has 3 aromatic rings. The zero-order valence-corrected chi connectivity index (χ0v) is 20.7. The Balaban J connectivity index is 1.43. The van der Waals surface area contributed by atoms with Crippen LogP contribution in [0.15, 0.2) is 4.79 Å². The van der Waals surface area contributed by atoms with E-state index in [4.69, 9.17) is 4.74 Å². The fourth-order valence-electron chi connectivity index (χ4n) is 3.92. The monoisotopic (exact) mass is 491 g/mol. The molecule has 0 unspecified atom stereocenters. The molecule has 0 saturated carbocycles. The summed E-state index contributed by atoms with van der Waals surface area (Å²) >= 11 is 4.36. The van der Waals surface area contributed by atoms with Crippen molar-refractivity contribution in [2.45, 2.75) is 51.7 Å². The number of H-pyrrole nitrogens is 1. The van der Waals surface area contributed by atoms with Crippen molar-refractivity contribution in [2.75, 3.05) is 18.2 Å². The maximum Gasteiger partial charge on any atom is 0.341 e. The van der Waals surface area contributed by atoms with Gasteiger partial charge in [-0.2, -0.15) is 0 Å². The van der Waals surface area contributed by atoms with Crippen molar-refractivity contribution in [1.29, 1.82) is 0 Å². The number of hydrogen-bond donors (Lipinski definition) is 2. The average molecular weight is 492 g/mol. The normalized spacial score (nSPS) is 13.6. The molecule has 7 nitrogen and oxygen atoms in total. The number of methoxy groups -OCH3 is 1. The van der Waals surface area contributed by atoms with Gasteiger partial charge in [-0.25, -0.2) is 9.78 Å². The Morgan fingerprint density at radius 3 is 2.75 bits per heavy atom. The van der Waals surface area contributed by atoms with Crippen molar-refractivity contribution >= 4 is 61.5 Å². The molecule has 0 aliphatic heterocycles. The summed E-state index contributed by atoms with van der Waals surface area (Å²) < 4.78 is 4.99. The SMILES string of the molecule is COC(=O)c1c(NC(=O)CSCc2nc3sc(C)c(C)c3c(=O)[nH]2)sc2c1CCCCC2. The van der Waals surface area contributed by atoms with E-state index < -0.39 is 5.97 Å². The Bertz CT molecular complexity index is 1240. The summed E-state index contributed by atoms with van der Waals surface area (Å²) in [4.78, 5) is 47.8. The number of aryl methyl sites for hydroxylation is 3. The number of fused-ring (bicyclic) bond motifs is 2. The van der Waals surface area contributed by atoms with Gasteiger partial charge in [0, 0.05) is 9.75 Å². The van der Waals surface area contributed by atoms with E-state index in [0.29, 0.717) is 27.5 Å². The van der Waals surface area contributed by atoms with Crippen LogP contribution in [0.1, 0.15) is 56.3 Å². The molecule has 3 aromatic heterocycles. The van der Waals surface area contributed by atoms with Gasteiger partial charge in [0.25, 0.3) is 5.56 Å². The standard InChI is InChI=1S/C22H25N3O4S3/c1-11-12(2)31-20-17(11)19(27)23-15(24-20)9-30-10-16(26)25-21-18(22(28)29-3)13-7-5-4-6-8-14(13)32-21/h4-10H2,1-3H3,(H,25,26)(H,23,24,27). The van der Waals surface area contributed by atoms with Gasteiger partial charge < -0.3 is 15.0 Å². The highest BCUT2D eigenvalue weighted by molar-refractivity contribution is 7.99. The summed E-state index contributed by atoms with van der Waals surface area (Å²) in [5.74, 6) is 0.568. The number of rotatable bonds is 6. The van der Waals surface area contributed by atoms with Crippen LogP contribution in [0.5, 0.6) is 0 Å². The van der Waals surface area contributed by atoms with Gasteiger partial charge in [0.1, 0.15) is 15.7 Å². The molecule has 170 valence electrons. The lowest BCUT2D eigenvalue weighted by molar-refractivity contribution is -0.113. The van der Waals surface area contributed by atoms with E-state index in [-0.39, 0.29) is 17.2 Å². The Morgan fingerprint density at radius 1 is 1.19 bits per heavy atom. The maximum absolute atomic E-state index is 12.6. The van der Waals surface area contributed by atoms with Crippen LogP contribution < -0.4 is 10.9 Å². The van der Waals surface area contributed by atoms with Crippen molar-refractivity contribution in [3.05, 3.63) is 42.6 Å². The molecule has 0 atom stereocenters. The lowest BCUT2D eigenvalue weighted by atomic mass is 10.1. The van der Waals surface area contributed by atoms with E-state index in [2.05, 4.69) is 15.3 Å². The number of amides is 1. The molecule has 0 bridgehead atoms. The van der Waals surface area contributed by atoms with Crippen LogP contribution in [0.4, 0.5) is 5.00 Å². The number of aromatic amines is 1. The second-order valence-corrected chi connectivity index (χ2v) is 11.1. The number of anilines is 1. The van der Waals surface area contributed by atoms with Crippen molar-refractivity contribution in [2.24, 2.45) is 0 Å². The van der Waals surface area contributed by atoms with Gasteiger partial charge in [0.05, 0.1) is 29.6 Å². The minimum atomic E-state index is -0.399. The Hall–Kier alpha value is -2.17. The van der Waals surface area contributed by atoms with E-state index >= 15 is 0 Å². The fourth-order valence-corrected chi connectivity index (χ4v) is 6.95. The first kappa shape index (κ1) is 23.0. The molecule has 0 spiro atoms. The highest BCUT2D eigenvalue weighted by Crippen LogP contribution is 2.38. The molecule has 0 fully saturated rings. The molecule has 0 saturated heterocycles. The molecule has 1 amide bonds. The summed E-state index contributed by atoms with van der Waals surface area (Å²) in [5.41, 5.74) is 2.36. The van der Waals surface area contributed by atoms with Crippen LogP contribution in [0, 0.1) is 13.8 Å². The third-order valence-corrected chi connectivity index (χ3v) is 8.88. The summed E-state index contributed by atoms with van der Waals surface area (Å²) in [6.45, 7) is 3.91. The lowest BCUT2D eigenvalue weighted by Crippen LogP contribution is -2.17. The second-order valence-electron chi connectivity index (χ2n) is 7.78. The molecule has 3 heterocycles. The van der Waals surface area contributed by atoms with Gasteiger partial charge in [-0.05, 0) is 50.7 Å². The number of carbonyl (C=O) groups is 2. The first-order valence-electron chi connectivity index (χ1n) is 10.5. The molecule has 1 aliphatic carbocycles. The van der Waals surface area contributed by atoms with E-state index in [0.717, 1.165) is 52.9 Å². The van der Waals surface area contributed by atoms with Gasteiger partial charge in [-0.3, -0.25) is 9.59 Å². The second kappa shape index (κ2) is 9.76. The molecule has 10 heteroatoms. The van der Waals surface area contributed by atoms with Crippen LogP contribution in [-0.2, 0) is 28.1 Å². The van der Waals surface area contributed by atoms with Crippen LogP contribution in [0.3, 0.4) is 0 Å². The fraction of sp³-hybridized carbons (Fsp3) is 0.455. The number of ether oxygens (including phenoxy) is 1. The molecule has 0 radical (unpaired) electrons. The molecule has 4 rings (SSSR count).